The minimum Gasteiger partial charge on any atom is -0.375 e. The zero-order valence-electron chi connectivity index (χ0n) is 7.77. The van der Waals surface area contributed by atoms with Crippen molar-refractivity contribution in [2.45, 2.75) is 6.42 Å². The number of nitrogens with zero attached hydrogens (tertiary/aromatic N) is 1. The van der Waals surface area contributed by atoms with Crippen molar-refractivity contribution in [1.82, 2.24) is 4.98 Å². The van der Waals surface area contributed by atoms with Crippen molar-refractivity contribution in [3.8, 4) is 0 Å². The Morgan fingerprint density at radius 3 is 3.00 bits per heavy atom. The van der Waals surface area contributed by atoms with Crippen LogP contribution >= 0.6 is 22.7 Å². The molecule has 1 amide bonds. The third kappa shape index (κ3) is 2.77. The van der Waals surface area contributed by atoms with E-state index in [1.807, 2.05) is 16.8 Å². The van der Waals surface area contributed by atoms with E-state index in [4.69, 9.17) is 5.73 Å². The van der Waals surface area contributed by atoms with Gasteiger partial charge in [-0.2, -0.15) is 11.3 Å². The molecule has 0 unspecified atom stereocenters. The van der Waals surface area contributed by atoms with E-state index in [1.165, 1.54) is 11.3 Å². The maximum Gasteiger partial charge on any atom is 0.230 e. The Kier molecular flexibility index (Phi) is 2.98. The van der Waals surface area contributed by atoms with Gasteiger partial charge in [0.05, 0.1) is 17.8 Å². The van der Waals surface area contributed by atoms with Crippen molar-refractivity contribution in [3.63, 3.8) is 0 Å². The Bertz CT molecular complexity index is 450. The van der Waals surface area contributed by atoms with Gasteiger partial charge in [0.25, 0.3) is 0 Å². The summed E-state index contributed by atoms with van der Waals surface area (Å²) in [6.07, 6.45) is 0.267. The molecule has 0 aromatic carbocycles. The number of thiazole rings is 1. The Labute approximate surface area is 94.8 Å². The molecule has 0 atom stereocenters. The van der Waals surface area contributed by atoms with Crippen LogP contribution in [0.2, 0.25) is 0 Å². The molecule has 6 heteroatoms. The molecular formula is C9H9N3OS2. The SMILES string of the molecule is Nc1nc(CC(=O)Nc2ccsc2)cs1. The number of nitrogens with two attached hydrogens (primary N) is 1. The van der Waals surface area contributed by atoms with Gasteiger partial charge in [-0.15, -0.1) is 11.3 Å². The van der Waals surface area contributed by atoms with Crippen molar-refractivity contribution >= 4 is 39.4 Å². The molecule has 0 aliphatic carbocycles. The number of nitrogens with one attached hydrogen (secondary N) is 1. The van der Waals surface area contributed by atoms with Crippen LogP contribution in [-0.4, -0.2) is 10.9 Å². The normalized spacial score (nSPS) is 10.1. The van der Waals surface area contributed by atoms with Gasteiger partial charge in [-0.25, -0.2) is 4.98 Å². The maximum absolute atomic E-state index is 11.5. The molecule has 0 aliphatic heterocycles. The Hall–Kier alpha value is -1.40. The van der Waals surface area contributed by atoms with Crippen molar-refractivity contribution in [3.05, 3.63) is 27.9 Å². The zero-order valence-corrected chi connectivity index (χ0v) is 9.40. The summed E-state index contributed by atoms with van der Waals surface area (Å²) < 4.78 is 0. The number of rotatable bonds is 3. The molecule has 0 radical (unpaired) electrons. The molecule has 78 valence electrons. The minimum absolute atomic E-state index is 0.0706. The summed E-state index contributed by atoms with van der Waals surface area (Å²) in [5, 5.41) is 8.86. The first-order chi connectivity index (χ1) is 7.24. The molecule has 2 aromatic rings. The summed E-state index contributed by atoms with van der Waals surface area (Å²) in [4.78, 5) is 15.5. The second-order valence-corrected chi connectivity index (χ2v) is 4.58. The molecule has 15 heavy (non-hydrogen) atoms. The van der Waals surface area contributed by atoms with E-state index in [0.29, 0.717) is 10.8 Å². The van der Waals surface area contributed by atoms with Gasteiger partial charge in [0.1, 0.15) is 0 Å². The van der Waals surface area contributed by atoms with Crippen LogP contribution in [0.3, 0.4) is 0 Å². The van der Waals surface area contributed by atoms with E-state index < -0.39 is 0 Å². The highest BCUT2D eigenvalue weighted by Crippen LogP contribution is 2.14. The number of hydrogen-bond acceptors (Lipinski definition) is 5. The Morgan fingerprint density at radius 1 is 1.53 bits per heavy atom. The van der Waals surface area contributed by atoms with Gasteiger partial charge in [-0.05, 0) is 11.4 Å². The topological polar surface area (TPSA) is 68.0 Å². The number of thiophene rings is 1. The van der Waals surface area contributed by atoms with Gasteiger partial charge in [0.15, 0.2) is 5.13 Å². The fraction of sp³-hybridized carbons (Fsp3) is 0.111. The lowest BCUT2D eigenvalue weighted by Gasteiger charge is -1.99. The third-order valence-corrected chi connectivity index (χ3v) is 3.12. The van der Waals surface area contributed by atoms with Gasteiger partial charge < -0.3 is 11.1 Å². The standard InChI is InChI=1S/C9H9N3OS2/c10-9-12-7(5-15-9)3-8(13)11-6-1-2-14-4-6/h1-2,4-5H,3H2,(H2,10,12)(H,11,13). The predicted molar refractivity (Wildman–Crippen MR) is 63.2 cm³/mol. The maximum atomic E-state index is 11.5. The molecule has 4 nitrogen and oxygen atoms in total. The van der Waals surface area contributed by atoms with E-state index in [1.54, 1.807) is 16.7 Å². The van der Waals surface area contributed by atoms with Crippen LogP contribution in [0.25, 0.3) is 0 Å². The molecule has 2 rings (SSSR count). The van der Waals surface area contributed by atoms with Crippen molar-refractivity contribution in [2.75, 3.05) is 11.1 Å². The third-order valence-electron chi connectivity index (χ3n) is 1.72. The lowest BCUT2D eigenvalue weighted by Crippen LogP contribution is -2.14. The van der Waals surface area contributed by atoms with Crippen LogP contribution in [-0.2, 0) is 11.2 Å². The second kappa shape index (κ2) is 4.41. The second-order valence-electron chi connectivity index (χ2n) is 2.91. The lowest BCUT2D eigenvalue weighted by molar-refractivity contribution is -0.115. The fourth-order valence-electron chi connectivity index (χ4n) is 1.11. The van der Waals surface area contributed by atoms with Gasteiger partial charge in [-0.3, -0.25) is 4.79 Å². The van der Waals surface area contributed by atoms with Crippen LogP contribution in [0.1, 0.15) is 5.69 Å². The zero-order chi connectivity index (χ0) is 10.7. The molecule has 0 bridgehead atoms. The smallest absolute Gasteiger partial charge is 0.230 e. The highest BCUT2D eigenvalue weighted by molar-refractivity contribution is 7.13. The molecule has 2 heterocycles. The molecule has 0 aliphatic rings. The number of anilines is 2. The van der Waals surface area contributed by atoms with Crippen molar-refractivity contribution in [2.24, 2.45) is 0 Å². The average molecular weight is 239 g/mol. The molecular weight excluding hydrogens is 230 g/mol. The van der Waals surface area contributed by atoms with Crippen LogP contribution in [0.5, 0.6) is 0 Å². The molecule has 0 saturated heterocycles. The molecule has 0 saturated carbocycles. The van der Waals surface area contributed by atoms with E-state index in [9.17, 15) is 4.79 Å². The summed E-state index contributed by atoms with van der Waals surface area (Å²) in [7, 11) is 0. The number of hydrogen-bond donors (Lipinski definition) is 2. The summed E-state index contributed by atoms with van der Waals surface area (Å²) in [5.74, 6) is -0.0706. The van der Waals surface area contributed by atoms with E-state index in [2.05, 4.69) is 10.3 Å². The minimum atomic E-state index is -0.0706. The van der Waals surface area contributed by atoms with E-state index in [0.717, 1.165) is 5.69 Å². The number of aromatic nitrogens is 1. The highest BCUT2D eigenvalue weighted by atomic mass is 32.1. The summed E-state index contributed by atoms with van der Waals surface area (Å²) in [6.45, 7) is 0. The Balaban J connectivity index is 1.93. The summed E-state index contributed by atoms with van der Waals surface area (Å²) in [6, 6.07) is 1.86. The Morgan fingerprint density at radius 2 is 2.40 bits per heavy atom. The van der Waals surface area contributed by atoms with Crippen LogP contribution in [0.4, 0.5) is 10.8 Å². The average Bonchev–Trinajstić information content (AvgIpc) is 2.77. The molecule has 2 aromatic heterocycles. The van der Waals surface area contributed by atoms with E-state index >= 15 is 0 Å². The van der Waals surface area contributed by atoms with Gasteiger partial charge >= 0.3 is 0 Å². The van der Waals surface area contributed by atoms with Crippen molar-refractivity contribution < 1.29 is 4.79 Å². The first kappa shape index (κ1) is 10.1. The van der Waals surface area contributed by atoms with Crippen LogP contribution < -0.4 is 11.1 Å². The lowest BCUT2D eigenvalue weighted by atomic mass is 10.3. The number of nitrogen functional groups attached to an aromatic ring is 1. The van der Waals surface area contributed by atoms with Gasteiger partial charge in [0.2, 0.25) is 5.91 Å². The fourth-order valence-corrected chi connectivity index (χ4v) is 2.26. The highest BCUT2D eigenvalue weighted by Gasteiger charge is 2.06. The molecule has 0 fully saturated rings. The van der Waals surface area contributed by atoms with Crippen molar-refractivity contribution in [1.29, 1.82) is 0 Å². The quantitative estimate of drug-likeness (QED) is 0.860. The first-order valence-electron chi connectivity index (χ1n) is 4.26. The van der Waals surface area contributed by atoms with Gasteiger partial charge in [-0.1, -0.05) is 0 Å². The van der Waals surface area contributed by atoms with E-state index in [-0.39, 0.29) is 12.3 Å². The number of carbonyl (C=O) groups excluding carboxylic acids is 1. The first-order valence-corrected chi connectivity index (χ1v) is 6.08. The molecule has 0 spiro atoms. The number of carbonyl (C=O) groups is 1. The van der Waals surface area contributed by atoms with Gasteiger partial charge in [0, 0.05) is 10.8 Å². The van der Waals surface area contributed by atoms with Crippen LogP contribution in [0.15, 0.2) is 22.2 Å². The van der Waals surface area contributed by atoms with Crippen LogP contribution in [0, 0.1) is 0 Å². The monoisotopic (exact) mass is 239 g/mol. The summed E-state index contributed by atoms with van der Waals surface area (Å²) >= 11 is 2.89. The number of amides is 1. The largest absolute Gasteiger partial charge is 0.375 e. The molecule has 3 N–H and O–H groups in total. The summed E-state index contributed by atoms with van der Waals surface area (Å²) in [5.41, 5.74) is 7.01. The predicted octanol–water partition coefficient (Wildman–Crippen LogP) is 1.97.